The number of carbonyl (C=O) groups excluding carboxylic acids is 1. The van der Waals surface area contributed by atoms with Crippen molar-refractivity contribution in [3.63, 3.8) is 0 Å². The van der Waals surface area contributed by atoms with Gasteiger partial charge < -0.3 is 15.0 Å². The number of amides is 1. The van der Waals surface area contributed by atoms with Crippen molar-refractivity contribution in [2.75, 3.05) is 0 Å². The number of carbonyl (C=O) groups is 1. The number of nitrogens with zero attached hydrogens (tertiary/aromatic N) is 1. The quantitative estimate of drug-likeness (QED) is 0.371. The van der Waals surface area contributed by atoms with Crippen LogP contribution in [0.3, 0.4) is 0 Å². The van der Waals surface area contributed by atoms with Crippen molar-refractivity contribution in [1.29, 1.82) is 5.26 Å². The fourth-order valence-corrected chi connectivity index (χ4v) is 3.58. The van der Waals surface area contributed by atoms with Crippen molar-refractivity contribution in [2.24, 2.45) is 0 Å². The van der Waals surface area contributed by atoms with Gasteiger partial charge in [-0.1, -0.05) is 40.9 Å². The standard InChI is InChI=1S/C24H17Cl2N3O2/c1-14-2-5-21-17(6-14)10-22(29-21)24(30)28-13-15-3-4-20(26)23(9-15)31-19-8-16(12-27)7-18(25)11-19/h2-11,29H,13H2,1H3,(H,28,30). The summed E-state index contributed by atoms with van der Waals surface area (Å²) in [7, 11) is 0. The van der Waals surface area contributed by atoms with Crippen LogP contribution in [0.2, 0.25) is 10.0 Å². The molecule has 0 aliphatic heterocycles. The Morgan fingerprint density at radius 2 is 1.94 bits per heavy atom. The van der Waals surface area contributed by atoms with Crippen molar-refractivity contribution >= 4 is 40.0 Å². The van der Waals surface area contributed by atoms with Crippen molar-refractivity contribution in [3.05, 3.63) is 93.1 Å². The number of fused-ring (bicyclic) bond motifs is 1. The Morgan fingerprint density at radius 3 is 2.74 bits per heavy atom. The highest BCUT2D eigenvalue weighted by Gasteiger charge is 2.11. The molecule has 0 atom stereocenters. The SMILES string of the molecule is Cc1ccc2[nH]c(C(=O)NCc3ccc(Cl)c(Oc4cc(Cl)cc(C#N)c4)c3)cc2c1. The first-order valence-electron chi connectivity index (χ1n) is 9.46. The topological polar surface area (TPSA) is 77.9 Å². The number of ether oxygens (including phenoxy) is 1. The number of H-pyrrole nitrogens is 1. The predicted molar refractivity (Wildman–Crippen MR) is 122 cm³/mol. The molecule has 0 saturated carbocycles. The van der Waals surface area contributed by atoms with E-state index in [1.807, 2.05) is 43.3 Å². The molecule has 0 saturated heterocycles. The molecule has 0 spiro atoms. The van der Waals surface area contributed by atoms with Crippen LogP contribution in [0.15, 0.2) is 60.7 Å². The molecule has 3 aromatic carbocycles. The van der Waals surface area contributed by atoms with Gasteiger partial charge in [-0.25, -0.2) is 0 Å². The maximum Gasteiger partial charge on any atom is 0.267 e. The van der Waals surface area contributed by atoms with Crippen LogP contribution in [0.1, 0.15) is 27.2 Å². The van der Waals surface area contributed by atoms with E-state index in [0.717, 1.165) is 22.0 Å². The summed E-state index contributed by atoms with van der Waals surface area (Å²) in [6.45, 7) is 2.30. The number of aromatic nitrogens is 1. The first-order chi connectivity index (χ1) is 14.9. The molecule has 0 fully saturated rings. The number of hydrogen-bond acceptors (Lipinski definition) is 3. The van der Waals surface area contributed by atoms with Crippen LogP contribution in [0.4, 0.5) is 0 Å². The lowest BCUT2D eigenvalue weighted by molar-refractivity contribution is 0.0946. The lowest BCUT2D eigenvalue weighted by Gasteiger charge is -2.11. The summed E-state index contributed by atoms with van der Waals surface area (Å²) >= 11 is 12.3. The van der Waals surface area contributed by atoms with Crippen molar-refractivity contribution in [3.8, 4) is 17.6 Å². The van der Waals surface area contributed by atoms with Crippen LogP contribution in [0, 0.1) is 18.3 Å². The minimum atomic E-state index is -0.209. The van der Waals surface area contributed by atoms with Crippen LogP contribution in [0.25, 0.3) is 10.9 Å². The van der Waals surface area contributed by atoms with E-state index in [2.05, 4.69) is 10.3 Å². The van der Waals surface area contributed by atoms with Gasteiger partial charge in [-0.05, 0) is 61.0 Å². The normalized spacial score (nSPS) is 10.6. The molecular weight excluding hydrogens is 433 g/mol. The number of rotatable bonds is 5. The average molecular weight is 450 g/mol. The van der Waals surface area contributed by atoms with Gasteiger partial charge in [-0.15, -0.1) is 0 Å². The average Bonchev–Trinajstić information content (AvgIpc) is 3.17. The number of halogens is 2. The third-order valence-corrected chi connectivity index (χ3v) is 5.23. The Balaban J connectivity index is 1.48. The lowest BCUT2D eigenvalue weighted by Crippen LogP contribution is -2.23. The molecule has 0 bridgehead atoms. The van der Waals surface area contributed by atoms with Crippen LogP contribution in [-0.2, 0) is 6.54 Å². The zero-order chi connectivity index (χ0) is 22.0. The van der Waals surface area contributed by atoms with Crippen LogP contribution in [-0.4, -0.2) is 10.9 Å². The molecule has 0 aliphatic rings. The fraction of sp³-hybridized carbons (Fsp3) is 0.0833. The molecule has 0 aliphatic carbocycles. The Labute approximate surface area is 189 Å². The smallest absolute Gasteiger partial charge is 0.267 e. The maximum absolute atomic E-state index is 12.6. The minimum Gasteiger partial charge on any atom is -0.456 e. The highest BCUT2D eigenvalue weighted by atomic mass is 35.5. The molecule has 1 amide bonds. The Bertz CT molecular complexity index is 1340. The molecule has 5 nitrogen and oxygen atoms in total. The second-order valence-corrected chi connectivity index (χ2v) is 7.95. The van der Waals surface area contributed by atoms with E-state index < -0.39 is 0 Å². The Morgan fingerprint density at radius 1 is 1.10 bits per heavy atom. The first kappa shape index (κ1) is 20.8. The summed E-state index contributed by atoms with van der Waals surface area (Å²) in [5, 5.41) is 13.8. The van der Waals surface area contributed by atoms with Gasteiger partial charge in [0.15, 0.2) is 0 Å². The summed E-state index contributed by atoms with van der Waals surface area (Å²) < 4.78 is 5.83. The Hall–Kier alpha value is -3.46. The van der Waals surface area contributed by atoms with Gasteiger partial charge >= 0.3 is 0 Å². The van der Waals surface area contributed by atoms with Gasteiger partial charge in [0.25, 0.3) is 5.91 Å². The number of aryl methyl sites for hydroxylation is 1. The van der Waals surface area contributed by atoms with E-state index in [9.17, 15) is 4.79 Å². The number of nitrogens with one attached hydrogen (secondary N) is 2. The molecule has 7 heteroatoms. The summed E-state index contributed by atoms with van der Waals surface area (Å²) in [4.78, 5) is 15.7. The fourth-order valence-electron chi connectivity index (χ4n) is 3.20. The predicted octanol–water partition coefficient (Wildman–Crippen LogP) is 6.38. The molecule has 1 heterocycles. The zero-order valence-electron chi connectivity index (χ0n) is 16.5. The van der Waals surface area contributed by atoms with E-state index in [-0.39, 0.29) is 5.91 Å². The van der Waals surface area contributed by atoms with Crippen molar-refractivity contribution in [2.45, 2.75) is 13.5 Å². The van der Waals surface area contributed by atoms with Crippen molar-refractivity contribution < 1.29 is 9.53 Å². The molecule has 4 rings (SSSR count). The van der Waals surface area contributed by atoms with Gasteiger partial charge in [0.2, 0.25) is 0 Å². The third kappa shape index (κ3) is 4.83. The molecule has 0 unspecified atom stereocenters. The summed E-state index contributed by atoms with van der Waals surface area (Å²) in [6, 6.07) is 19.8. The molecule has 4 aromatic rings. The molecular formula is C24H17Cl2N3O2. The summed E-state index contributed by atoms with van der Waals surface area (Å²) in [5.74, 6) is 0.598. The number of nitriles is 1. The monoisotopic (exact) mass is 449 g/mol. The largest absolute Gasteiger partial charge is 0.456 e. The van der Waals surface area contributed by atoms with E-state index in [0.29, 0.717) is 39.3 Å². The first-order valence-corrected chi connectivity index (χ1v) is 10.2. The van der Waals surface area contributed by atoms with Gasteiger partial charge in [0.05, 0.1) is 16.7 Å². The van der Waals surface area contributed by atoms with Gasteiger partial charge in [0.1, 0.15) is 17.2 Å². The van der Waals surface area contributed by atoms with E-state index in [1.165, 1.54) is 0 Å². The second kappa shape index (κ2) is 8.73. The van der Waals surface area contributed by atoms with E-state index in [4.69, 9.17) is 33.2 Å². The number of hydrogen-bond donors (Lipinski definition) is 2. The highest BCUT2D eigenvalue weighted by Crippen LogP contribution is 2.32. The molecule has 0 radical (unpaired) electrons. The van der Waals surface area contributed by atoms with Gasteiger partial charge in [0, 0.05) is 22.5 Å². The van der Waals surface area contributed by atoms with Crippen molar-refractivity contribution in [1.82, 2.24) is 10.3 Å². The number of benzene rings is 3. The van der Waals surface area contributed by atoms with Gasteiger partial charge in [-0.3, -0.25) is 4.79 Å². The maximum atomic E-state index is 12.6. The second-order valence-electron chi connectivity index (χ2n) is 7.11. The van der Waals surface area contributed by atoms with E-state index in [1.54, 1.807) is 30.3 Å². The van der Waals surface area contributed by atoms with E-state index >= 15 is 0 Å². The molecule has 1 aromatic heterocycles. The van der Waals surface area contributed by atoms with Crippen LogP contribution in [0.5, 0.6) is 11.5 Å². The van der Waals surface area contributed by atoms with Crippen LogP contribution < -0.4 is 10.1 Å². The zero-order valence-corrected chi connectivity index (χ0v) is 18.0. The highest BCUT2D eigenvalue weighted by molar-refractivity contribution is 6.32. The minimum absolute atomic E-state index is 0.209. The lowest BCUT2D eigenvalue weighted by atomic mass is 10.2. The Kier molecular flexibility index (Phi) is 5.85. The molecule has 2 N–H and O–H groups in total. The molecule has 154 valence electrons. The third-order valence-electron chi connectivity index (χ3n) is 4.70. The van der Waals surface area contributed by atoms with Gasteiger partial charge in [-0.2, -0.15) is 5.26 Å². The molecule has 31 heavy (non-hydrogen) atoms. The van der Waals surface area contributed by atoms with Crippen LogP contribution >= 0.6 is 23.2 Å². The summed E-state index contributed by atoms with van der Waals surface area (Å²) in [5.41, 5.74) is 3.73. The summed E-state index contributed by atoms with van der Waals surface area (Å²) in [6.07, 6.45) is 0. The number of aromatic amines is 1.